The van der Waals surface area contributed by atoms with Gasteiger partial charge in [0.2, 0.25) is 5.91 Å². The zero-order valence-electron chi connectivity index (χ0n) is 9.78. The maximum atomic E-state index is 12.3. The second kappa shape index (κ2) is 5.86. The lowest BCUT2D eigenvalue weighted by atomic mass is 9.98. The molecule has 0 fully saturated rings. The molecule has 2 N–H and O–H groups in total. The first-order chi connectivity index (χ1) is 8.29. The Hall–Kier alpha value is -1.56. The minimum absolute atomic E-state index is 0.112. The minimum atomic E-state index is -4.75. The molecule has 0 radical (unpaired) electrons. The zero-order chi connectivity index (χ0) is 13.8. The van der Waals surface area contributed by atoms with Crippen LogP contribution >= 0.6 is 0 Å². The van der Waals surface area contributed by atoms with E-state index in [-0.39, 0.29) is 6.42 Å². The third-order valence-corrected chi connectivity index (χ3v) is 2.50. The molecule has 0 saturated carbocycles. The third kappa shape index (κ3) is 4.75. The van der Waals surface area contributed by atoms with Gasteiger partial charge in [-0.3, -0.25) is 9.53 Å². The Morgan fingerprint density at radius 3 is 2.33 bits per heavy atom. The first-order valence-electron chi connectivity index (χ1n) is 5.38. The van der Waals surface area contributed by atoms with E-state index >= 15 is 0 Å². The van der Waals surface area contributed by atoms with Crippen LogP contribution < -0.4 is 5.73 Å². The standard InChI is InChI=1S/C12H14F3NO2/c1-8(11(16)17)7-10(18-12(13,14)15)9-5-3-2-4-6-9/h2-6,8,10H,7H2,1H3,(H2,16,17). The van der Waals surface area contributed by atoms with E-state index in [0.29, 0.717) is 5.56 Å². The summed E-state index contributed by atoms with van der Waals surface area (Å²) in [6, 6.07) is 7.94. The van der Waals surface area contributed by atoms with Crippen molar-refractivity contribution in [3.63, 3.8) is 0 Å². The molecule has 0 aliphatic rings. The van der Waals surface area contributed by atoms with Crippen LogP contribution in [0.4, 0.5) is 13.2 Å². The number of halogens is 3. The lowest BCUT2D eigenvalue weighted by Crippen LogP contribution is -2.26. The van der Waals surface area contributed by atoms with Gasteiger partial charge in [-0.25, -0.2) is 0 Å². The van der Waals surface area contributed by atoms with Gasteiger partial charge in [0.05, 0.1) is 6.10 Å². The van der Waals surface area contributed by atoms with E-state index in [1.807, 2.05) is 0 Å². The van der Waals surface area contributed by atoms with Gasteiger partial charge in [-0.05, 0) is 12.0 Å². The van der Waals surface area contributed by atoms with Gasteiger partial charge < -0.3 is 5.73 Å². The summed E-state index contributed by atoms with van der Waals surface area (Å²) >= 11 is 0. The summed E-state index contributed by atoms with van der Waals surface area (Å²) in [6.07, 6.45) is -6.09. The number of amides is 1. The fourth-order valence-electron chi connectivity index (χ4n) is 1.52. The SMILES string of the molecule is CC(CC(OC(F)(F)F)c1ccccc1)C(N)=O. The molecule has 1 rings (SSSR count). The van der Waals surface area contributed by atoms with Crippen LogP contribution in [0.15, 0.2) is 30.3 Å². The number of carbonyl (C=O) groups excluding carboxylic acids is 1. The van der Waals surface area contributed by atoms with E-state index in [0.717, 1.165) is 0 Å². The van der Waals surface area contributed by atoms with Crippen LogP contribution in [0.25, 0.3) is 0 Å². The first-order valence-corrected chi connectivity index (χ1v) is 5.38. The topological polar surface area (TPSA) is 52.3 Å². The van der Waals surface area contributed by atoms with E-state index < -0.39 is 24.3 Å². The molecule has 0 spiro atoms. The molecule has 0 aliphatic carbocycles. The van der Waals surface area contributed by atoms with E-state index in [1.165, 1.54) is 19.1 Å². The van der Waals surface area contributed by atoms with Crippen LogP contribution in [0.5, 0.6) is 0 Å². The lowest BCUT2D eigenvalue weighted by Gasteiger charge is -2.21. The van der Waals surface area contributed by atoms with Crippen molar-refractivity contribution in [2.75, 3.05) is 0 Å². The number of hydrogen-bond donors (Lipinski definition) is 1. The highest BCUT2D eigenvalue weighted by molar-refractivity contribution is 5.76. The molecule has 3 nitrogen and oxygen atoms in total. The monoisotopic (exact) mass is 261 g/mol. The van der Waals surface area contributed by atoms with Crippen LogP contribution in [-0.2, 0) is 9.53 Å². The molecule has 100 valence electrons. The van der Waals surface area contributed by atoms with Crippen LogP contribution in [0.1, 0.15) is 25.0 Å². The summed E-state index contributed by atoms with van der Waals surface area (Å²) in [5, 5.41) is 0. The molecule has 2 unspecified atom stereocenters. The Labute approximate surface area is 103 Å². The smallest absolute Gasteiger partial charge is 0.369 e. The Kier molecular flexibility index (Phi) is 4.72. The molecule has 0 aliphatic heterocycles. The van der Waals surface area contributed by atoms with Gasteiger partial charge in [-0.1, -0.05) is 37.3 Å². The number of alkyl halides is 3. The Balaban J connectivity index is 2.86. The molecule has 1 aromatic rings. The van der Waals surface area contributed by atoms with Gasteiger partial charge >= 0.3 is 6.36 Å². The fraction of sp³-hybridized carbons (Fsp3) is 0.417. The lowest BCUT2D eigenvalue weighted by molar-refractivity contribution is -0.346. The Morgan fingerprint density at radius 1 is 1.33 bits per heavy atom. The number of primary amides is 1. The van der Waals surface area contributed by atoms with Crippen LogP contribution in [0.3, 0.4) is 0 Å². The molecule has 0 aromatic heterocycles. The summed E-state index contributed by atoms with van der Waals surface area (Å²) in [6.45, 7) is 1.47. The highest BCUT2D eigenvalue weighted by Gasteiger charge is 2.35. The van der Waals surface area contributed by atoms with Gasteiger partial charge in [0.25, 0.3) is 0 Å². The Morgan fingerprint density at radius 2 is 1.89 bits per heavy atom. The molecular formula is C12H14F3NO2. The van der Waals surface area contributed by atoms with Crippen LogP contribution in [-0.4, -0.2) is 12.3 Å². The highest BCUT2D eigenvalue weighted by atomic mass is 19.4. The maximum Gasteiger partial charge on any atom is 0.523 e. The number of rotatable bonds is 5. The van der Waals surface area contributed by atoms with Crippen molar-refractivity contribution in [3.8, 4) is 0 Å². The van der Waals surface area contributed by atoms with Gasteiger partial charge in [-0.2, -0.15) is 0 Å². The van der Waals surface area contributed by atoms with Crippen molar-refractivity contribution in [1.82, 2.24) is 0 Å². The maximum absolute atomic E-state index is 12.3. The second-order valence-electron chi connectivity index (χ2n) is 4.00. The van der Waals surface area contributed by atoms with E-state index in [2.05, 4.69) is 4.74 Å². The molecule has 18 heavy (non-hydrogen) atoms. The van der Waals surface area contributed by atoms with Gasteiger partial charge in [0, 0.05) is 5.92 Å². The average Bonchev–Trinajstić information content (AvgIpc) is 2.27. The molecule has 0 bridgehead atoms. The second-order valence-corrected chi connectivity index (χ2v) is 4.00. The molecular weight excluding hydrogens is 247 g/mol. The number of ether oxygens (including phenoxy) is 1. The van der Waals surface area contributed by atoms with E-state index in [1.54, 1.807) is 18.2 Å². The summed E-state index contributed by atoms with van der Waals surface area (Å²) in [7, 11) is 0. The van der Waals surface area contributed by atoms with Crippen molar-refractivity contribution in [3.05, 3.63) is 35.9 Å². The minimum Gasteiger partial charge on any atom is -0.369 e. The molecule has 1 amide bonds. The summed E-state index contributed by atoms with van der Waals surface area (Å²) < 4.78 is 41.0. The van der Waals surface area contributed by atoms with Gasteiger partial charge in [-0.15, -0.1) is 13.2 Å². The van der Waals surface area contributed by atoms with Gasteiger partial charge in [0.15, 0.2) is 0 Å². The molecule has 1 aromatic carbocycles. The van der Waals surface area contributed by atoms with Crippen molar-refractivity contribution in [1.29, 1.82) is 0 Å². The number of carbonyl (C=O) groups is 1. The predicted octanol–water partition coefficient (Wildman–Crippen LogP) is 2.78. The fourth-order valence-corrected chi connectivity index (χ4v) is 1.52. The molecule has 0 saturated heterocycles. The predicted molar refractivity (Wildman–Crippen MR) is 59.3 cm³/mol. The van der Waals surface area contributed by atoms with Gasteiger partial charge in [0.1, 0.15) is 0 Å². The number of hydrogen-bond acceptors (Lipinski definition) is 2. The summed E-state index contributed by atoms with van der Waals surface area (Å²) in [4.78, 5) is 10.9. The Bertz CT molecular complexity index is 392. The summed E-state index contributed by atoms with van der Waals surface area (Å²) in [5.41, 5.74) is 5.41. The first kappa shape index (κ1) is 14.5. The largest absolute Gasteiger partial charge is 0.523 e. The number of nitrogens with two attached hydrogens (primary N) is 1. The quantitative estimate of drug-likeness (QED) is 0.886. The molecule has 6 heteroatoms. The summed E-state index contributed by atoms with van der Waals surface area (Å²) in [5.74, 6) is -1.35. The highest BCUT2D eigenvalue weighted by Crippen LogP contribution is 2.32. The van der Waals surface area contributed by atoms with E-state index in [9.17, 15) is 18.0 Å². The average molecular weight is 261 g/mol. The van der Waals surface area contributed by atoms with Crippen molar-refractivity contribution in [2.24, 2.45) is 11.7 Å². The third-order valence-electron chi connectivity index (χ3n) is 2.50. The number of benzene rings is 1. The van der Waals surface area contributed by atoms with Crippen LogP contribution in [0.2, 0.25) is 0 Å². The van der Waals surface area contributed by atoms with Crippen molar-refractivity contribution >= 4 is 5.91 Å². The van der Waals surface area contributed by atoms with Crippen molar-refractivity contribution in [2.45, 2.75) is 25.8 Å². The normalized spacial score (nSPS) is 15.1. The van der Waals surface area contributed by atoms with Crippen LogP contribution in [0, 0.1) is 5.92 Å². The molecule has 0 heterocycles. The van der Waals surface area contributed by atoms with E-state index in [4.69, 9.17) is 5.73 Å². The van der Waals surface area contributed by atoms with Crippen molar-refractivity contribution < 1.29 is 22.7 Å². The molecule has 2 atom stereocenters. The zero-order valence-corrected chi connectivity index (χ0v) is 9.78.